The summed E-state index contributed by atoms with van der Waals surface area (Å²) in [6.45, 7) is 2.42. The lowest BCUT2D eigenvalue weighted by atomic mass is 10.2. The van der Waals surface area contributed by atoms with Gasteiger partial charge in [-0.2, -0.15) is 0 Å². The molecule has 0 aliphatic heterocycles. The second-order valence-electron chi connectivity index (χ2n) is 3.00. The zero-order valence-corrected chi connectivity index (χ0v) is 9.23. The van der Waals surface area contributed by atoms with Gasteiger partial charge in [-0.15, -0.1) is 0 Å². The van der Waals surface area contributed by atoms with Crippen molar-refractivity contribution < 1.29 is 19.4 Å². The highest BCUT2D eigenvalue weighted by Crippen LogP contribution is 2.28. The fourth-order valence-electron chi connectivity index (χ4n) is 1.23. The Morgan fingerprint density at radius 3 is 2.75 bits per heavy atom. The van der Waals surface area contributed by atoms with Crippen molar-refractivity contribution in [1.29, 1.82) is 0 Å². The van der Waals surface area contributed by atoms with Gasteiger partial charge in [0.25, 0.3) is 0 Å². The number of hydrogen-bond acceptors (Lipinski definition) is 4. The van der Waals surface area contributed by atoms with E-state index in [0.29, 0.717) is 23.7 Å². The Bertz CT molecular complexity index is 396. The molecule has 16 heavy (non-hydrogen) atoms. The number of aliphatic carboxylic acids is 1. The molecule has 4 heteroatoms. The number of methoxy groups -OCH3 is 1. The standard InChI is InChI=1S/C12H14O4/c1-3-16-10-6-4-9(5-7-12(13)14)8-11(10)15-2/h4-8H,3H2,1-2H3,(H,13,14)/p-1/b7-5-. The maximum atomic E-state index is 10.2. The van der Waals surface area contributed by atoms with Crippen LogP contribution in [0.15, 0.2) is 24.3 Å². The van der Waals surface area contributed by atoms with Crippen molar-refractivity contribution in [3.8, 4) is 11.5 Å². The molecule has 0 bridgehead atoms. The molecule has 1 aromatic carbocycles. The molecule has 0 radical (unpaired) electrons. The summed E-state index contributed by atoms with van der Waals surface area (Å²) in [6.07, 6.45) is 2.41. The first-order valence-electron chi connectivity index (χ1n) is 4.87. The van der Waals surface area contributed by atoms with E-state index in [1.807, 2.05) is 6.92 Å². The first-order valence-corrected chi connectivity index (χ1v) is 4.87. The number of ether oxygens (including phenoxy) is 2. The molecule has 0 aliphatic rings. The van der Waals surface area contributed by atoms with Crippen molar-refractivity contribution in [2.75, 3.05) is 13.7 Å². The summed E-state index contributed by atoms with van der Waals surface area (Å²) in [4.78, 5) is 10.2. The van der Waals surface area contributed by atoms with Crippen LogP contribution in [-0.2, 0) is 4.79 Å². The number of hydrogen-bond donors (Lipinski definition) is 0. The van der Waals surface area contributed by atoms with Crippen LogP contribution in [0.5, 0.6) is 11.5 Å². The van der Waals surface area contributed by atoms with E-state index in [-0.39, 0.29) is 0 Å². The van der Waals surface area contributed by atoms with Gasteiger partial charge in [0.15, 0.2) is 11.5 Å². The summed E-state index contributed by atoms with van der Waals surface area (Å²) >= 11 is 0. The smallest absolute Gasteiger partial charge is 0.161 e. The van der Waals surface area contributed by atoms with E-state index in [4.69, 9.17) is 9.47 Å². The van der Waals surface area contributed by atoms with Gasteiger partial charge in [-0.05, 0) is 30.7 Å². The molecule has 0 fully saturated rings. The molecule has 0 aliphatic carbocycles. The van der Waals surface area contributed by atoms with Crippen molar-refractivity contribution >= 4 is 12.0 Å². The van der Waals surface area contributed by atoms with Crippen LogP contribution < -0.4 is 14.6 Å². The number of carbonyl (C=O) groups is 1. The second kappa shape index (κ2) is 5.80. The van der Waals surface area contributed by atoms with Gasteiger partial charge in [0, 0.05) is 0 Å². The topological polar surface area (TPSA) is 58.6 Å². The predicted octanol–water partition coefficient (Wildman–Crippen LogP) is 0.857. The minimum absolute atomic E-state index is 0.546. The Kier molecular flexibility index (Phi) is 4.39. The summed E-state index contributed by atoms with van der Waals surface area (Å²) < 4.78 is 10.5. The largest absolute Gasteiger partial charge is 0.545 e. The molecule has 1 rings (SSSR count). The van der Waals surface area contributed by atoms with Gasteiger partial charge in [0.2, 0.25) is 0 Å². The lowest BCUT2D eigenvalue weighted by Gasteiger charge is -2.09. The monoisotopic (exact) mass is 221 g/mol. The highest BCUT2D eigenvalue weighted by Gasteiger charge is 2.03. The van der Waals surface area contributed by atoms with Crippen LogP contribution in [0.1, 0.15) is 12.5 Å². The number of carboxylic acid groups (broad SMARTS) is 1. The van der Waals surface area contributed by atoms with Crippen LogP contribution >= 0.6 is 0 Å². The normalized spacial score (nSPS) is 10.4. The van der Waals surface area contributed by atoms with Crippen molar-refractivity contribution in [2.24, 2.45) is 0 Å². The highest BCUT2D eigenvalue weighted by molar-refractivity contribution is 5.83. The molecule has 86 valence electrons. The van der Waals surface area contributed by atoms with E-state index in [2.05, 4.69) is 0 Å². The van der Waals surface area contributed by atoms with Gasteiger partial charge in [0.05, 0.1) is 19.7 Å². The molecule has 0 heterocycles. The zero-order valence-electron chi connectivity index (χ0n) is 9.23. The zero-order chi connectivity index (χ0) is 12.0. The van der Waals surface area contributed by atoms with E-state index < -0.39 is 5.97 Å². The first-order chi connectivity index (χ1) is 7.67. The Balaban J connectivity index is 2.94. The van der Waals surface area contributed by atoms with Gasteiger partial charge < -0.3 is 19.4 Å². The van der Waals surface area contributed by atoms with Gasteiger partial charge in [-0.25, -0.2) is 0 Å². The fourth-order valence-corrected chi connectivity index (χ4v) is 1.23. The van der Waals surface area contributed by atoms with Crippen molar-refractivity contribution in [3.63, 3.8) is 0 Å². The summed E-state index contributed by atoms with van der Waals surface area (Å²) in [5.74, 6) is -0.0224. The van der Waals surface area contributed by atoms with E-state index in [9.17, 15) is 9.90 Å². The molecular weight excluding hydrogens is 208 g/mol. The summed E-state index contributed by atoms with van der Waals surface area (Å²) in [7, 11) is 1.53. The Hall–Kier alpha value is -1.97. The molecule has 4 nitrogen and oxygen atoms in total. The molecule has 0 spiro atoms. The lowest BCUT2D eigenvalue weighted by molar-refractivity contribution is -0.297. The van der Waals surface area contributed by atoms with Gasteiger partial charge in [-0.1, -0.05) is 12.1 Å². The maximum Gasteiger partial charge on any atom is 0.161 e. The molecule has 0 saturated carbocycles. The third kappa shape index (κ3) is 3.31. The molecule has 0 N–H and O–H groups in total. The molecule has 0 amide bonds. The Labute approximate surface area is 94.1 Å². The number of carboxylic acids is 1. The van der Waals surface area contributed by atoms with Crippen LogP contribution in [0.4, 0.5) is 0 Å². The fraction of sp³-hybridized carbons (Fsp3) is 0.250. The minimum Gasteiger partial charge on any atom is -0.545 e. The average molecular weight is 221 g/mol. The minimum atomic E-state index is -1.23. The van der Waals surface area contributed by atoms with E-state index in [1.54, 1.807) is 18.2 Å². The summed E-state index contributed by atoms with van der Waals surface area (Å²) in [5, 5.41) is 10.2. The van der Waals surface area contributed by atoms with Gasteiger partial charge in [0.1, 0.15) is 0 Å². The van der Waals surface area contributed by atoms with Crippen molar-refractivity contribution in [3.05, 3.63) is 29.8 Å². The number of benzene rings is 1. The summed E-state index contributed by atoms with van der Waals surface area (Å²) in [5.41, 5.74) is 0.713. The Morgan fingerprint density at radius 1 is 1.44 bits per heavy atom. The first kappa shape index (κ1) is 12.1. The molecule has 1 aromatic rings. The summed E-state index contributed by atoms with van der Waals surface area (Å²) in [6, 6.07) is 5.18. The van der Waals surface area contributed by atoms with Crippen molar-refractivity contribution in [1.82, 2.24) is 0 Å². The van der Waals surface area contributed by atoms with Crippen molar-refractivity contribution in [2.45, 2.75) is 6.92 Å². The van der Waals surface area contributed by atoms with E-state index in [0.717, 1.165) is 6.08 Å². The van der Waals surface area contributed by atoms with Crippen LogP contribution in [-0.4, -0.2) is 19.7 Å². The third-order valence-electron chi connectivity index (χ3n) is 1.90. The van der Waals surface area contributed by atoms with Crippen LogP contribution in [0.2, 0.25) is 0 Å². The average Bonchev–Trinajstić information content (AvgIpc) is 2.28. The number of carbonyl (C=O) groups excluding carboxylic acids is 1. The van der Waals surface area contributed by atoms with Crippen LogP contribution in [0.3, 0.4) is 0 Å². The van der Waals surface area contributed by atoms with Gasteiger partial charge in [-0.3, -0.25) is 0 Å². The predicted molar refractivity (Wildman–Crippen MR) is 58.2 cm³/mol. The Morgan fingerprint density at radius 2 is 2.19 bits per heavy atom. The molecule has 0 aromatic heterocycles. The molecule has 0 unspecified atom stereocenters. The molecule has 0 saturated heterocycles. The second-order valence-corrected chi connectivity index (χ2v) is 3.00. The van der Waals surface area contributed by atoms with Gasteiger partial charge >= 0.3 is 0 Å². The van der Waals surface area contributed by atoms with E-state index >= 15 is 0 Å². The van der Waals surface area contributed by atoms with Crippen LogP contribution in [0.25, 0.3) is 6.08 Å². The lowest BCUT2D eigenvalue weighted by Crippen LogP contribution is -2.18. The quantitative estimate of drug-likeness (QED) is 0.692. The van der Waals surface area contributed by atoms with Crippen LogP contribution in [0, 0.1) is 0 Å². The third-order valence-corrected chi connectivity index (χ3v) is 1.90. The number of rotatable bonds is 5. The SMILES string of the molecule is CCOc1ccc(/C=C\C(=O)[O-])cc1OC. The van der Waals surface area contributed by atoms with E-state index in [1.165, 1.54) is 13.2 Å². The maximum absolute atomic E-state index is 10.2. The molecule has 0 atom stereocenters. The highest BCUT2D eigenvalue weighted by atomic mass is 16.5. The molecular formula is C12H13O4-.